The Balaban J connectivity index is 1.27. The summed E-state index contributed by atoms with van der Waals surface area (Å²) in [5.41, 5.74) is 8.25. The normalized spacial score (nSPS) is 15.0. The minimum atomic E-state index is -0.175. The zero-order valence-electron chi connectivity index (χ0n) is 17.2. The highest BCUT2D eigenvalue weighted by Gasteiger charge is 2.24. The van der Waals surface area contributed by atoms with Crippen molar-refractivity contribution in [3.8, 4) is 0 Å². The Kier molecular flexibility index (Phi) is 5.24. The van der Waals surface area contributed by atoms with Crippen LogP contribution in [0.2, 0.25) is 5.02 Å². The Morgan fingerprint density at radius 3 is 2.72 bits per heavy atom. The summed E-state index contributed by atoms with van der Waals surface area (Å²) in [5.74, 6) is 0.495. The Labute approximate surface area is 188 Å². The lowest BCUT2D eigenvalue weighted by Gasteiger charge is -2.34. The van der Waals surface area contributed by atoms with Crippen molar-refractivity contribution in [2.75, 3.05) is 25.4 Å². The molecule has 0 atom stereocenters. The molecule has 1 fully saturated rings. The quantitative estimate of drug-likeness (QED) is 0.496. The first-order valence-corrected chi connectivity index (χ1v) is 10.6. The monoisotopic (exact) mass is 448 g/mol. The summed E-state index contributed by atoms with van der Waals surface area (Å²) in [6, 6.07) is 13.0. The first-order valence-electron chi connectivity index (χ1n) is 10.3. The van der Waals surface area contributed by atoms with Crippen molar-refractivity contribution < 1.29 is 4.79 Å². The van der Waals surface area contributed by atoms with Gasteiger partial charge in [0.1, 0.15) is 12.1 Å². The second-order valence-electron chi connectivity index (χ2n) is 7.99. The minimum Gasteiger partial charge on any atom is -0.383 e. The maximum Gasteiger partial charge on any atom is 0.256 e. The number of hydrogen-bond donors (Lipinski definition) is 2. The van der Waals surface area contributed by atoms with Gasteiger partial charge in [0.15, 0.2) is 0 Å². The number of anilines is 1. The van der Waals surface area contributed by atoms with Crippen LogP contribution in [0.5, 0.6) is 0 Å². The molecular formula is C23H21ClN6O2. The van der Waals surface area contributed by atoms with E-state index in [1.165, 1.54) is 6.33 Å². The van der Waals surface area contributed by atoms with E-state index in [4.69, 9.17) is 17.3 Å². The predicted molar refractivity (Wildman–Crippen MR) is 124 cm³/mol. The highest BCUT2D eigenvalue weighted by Crippen LogP contribution is 2.20. The average Bonchev–Trinajstić information content (AvgIpc) is 2.76. The van der Waals surface area contributed by atoms with Gasteiger partial charge >= 0.3 is 0 Å². The summed E-state index contributed by atoms with van der Waals surface area (Å²) >= 11 is 5.99. The van der Waals surface area contributed by atoms with Crippen molar-refractivity contribution in [2.24, 2.45) is 0 Å². The number of aromatic nitrogens is 3. The average molecular weight is 449 g/mol. The lowest BCUT2D eigenvalue weighted by atomic mass is 10.1. The number of nitrogens with zero attached hydrogens (tertiary/aromatic N) is 4. The third-order valence-corrected chi connectivity index (χ3v) is 6.00. The van der Waals surface area contributed by atoms with E-state index >= 15 is 0 Å². The Hall–Kier alpha value is -3.49. The van der Waals surface area contributed by atoms with Crippen LogP contribution < -0.4 is 11.3 Å². The van der Waals surface area contributed by atoms with E-state index in [9.17, 15) is 9.59 Å². The number of piperazine rings is 1. The number of benzene rings is 2. The predicted octanol–water partition coefficient (Wildman–Crippen LogP) is 2.55. The summed E-state index contributed by atoms with van der Waals surface area (Å²) in [7, 11) is 0. The van der Waals surface area contributed by atoms with Gasteiger partial charge in [0.05, 0.1) is 12.1 Å². The number of carbonyl (C=O) groups is 1. The Morgan fingerprint density at radius 1 is 1.00 bits per heavy atom. The molecule has 0 unspecified atom stereocenters. The number of hydrogen-bond acceptors (Lipinski definition) is 6. The number of halogens is 1. The van der Waals surface area contributed by atoms with Crippen molar-refractivity contribution in [3.05, 3.63) is 75.4 Å². The molecule has 32 heavy (non-hydrogen) atoms. The molecule has 3 heterocycles. The van der Waals surface area contributed by atoms with Gasteiger partial charge < -0.3 is 15.6 Å². The van der Waals surface area contributed by atoms with E-state index in [1.807, 2.05) is 40.1 Å². The summed E-state index contributed by atoms with van der Waals surface area (Å²) in [4.78, 5) is 40.2. The molecular weight excluding hydrogens is 428 g/mol. The van der Waals surface area contributed by atoms with Gasteiger partial charge in [-0.25, -0.2) is 9.97 Å². The zero-order chi connectivity index (χ0) is 22.2. The van der Waals surface area contributed by atoms with Gasteiger partial charge in [-0.2, -0.15) is 0 Å². The summed E-state index contributed by atoms with van der Waals surface area (Å²) in [6.45, 7) is 2.63. The molecule has 1 aliphatic heterocycles. The van der Waals surface area contributed by atoms with Gasteiger partial charge in [0, 0.05) is 47.7 Å². The molecule has 1 aliphatic rings. The number of carbonyl (C=O) groups excluding carboxylic acids is 1. The van der Waals surface area contributed by atoms with E-state index < -0.39 is 0 Å². The standard InChI is InChI=1S/C23H21ClN6O2/c24-16-3-2-15-8-17(28-23(32)19(15)9-16)11-29-5-6-30(21(31)12-29)10-14-1-4-18-20(7-14)26-13-27-22(18)25/h1-4,7-9,13H,5-6,10-12H2,(H,28,32)(H2,25,26,27). The highest BCUT2D eigenvalue weighted by molar-refractivity contribution is 6.31. The molecule has 2 aromatic heterocycles. The maximum atomic E-state index is 12.8. The second-order valence-corrected chi connectivity index (χ2v) is 8.43. The number of aromatic amines is 1. The lowest BCUT2D eigenvalue weighted by Crippen LogP contribution is -2.49. The number of pyridine rings is 1. The second kappa shape index (κ2) is 8.22. The zero-order valence-corrected chi connectivity index (χ0v) is 18.0. The fourth-order valence-corrected chi connectivity index (χ4v) is 4.29. The van der Waals surface area contributed by atoms with E-state index in [0.717, 1.165) is 34.1 Å². The van der Waals surface area contributed by atoms with Gasteiger partial charge in [0.2, 0.25) is 5.91 Å². The third kappa shape index (κ3) is 4.02. The van der Waals surface area contributed by atoms with E-state index in [0.29, 0.717) is 42.4 Å². The summed E-state index contributed by atoms with van der Waals surface area (Å²) in [5, 5.41) is 2.72. The third-order valence-electron chi connectivity index (χ3n) is 5.76. The van der Waals surface area contributed by atoms with Crippen LogP contribution in [0.15, 0.2) is 53.6 Å². The van der Waals surface area contributed by atoms with Gasteiger partial charge in [-0.3, -0.25) is 14.5 Å². The number of H-pyrrole nitrogens is 1. The molecule has 5 rings (SSSR count). The van der Waals surface area contributed by atoms with Crippen LogP contribution in [-0.2, 0) is 17.9 Å². The van der Waals surface area contributed by atoms with E-state index in [2.05, 4.69) is 15.0 Å². The van der Waals surface area contributed by atoms with Crippen LogP contribution in [0, 0.1) is 0 Å². The fraction of sp³-hybridized carbons (Fsp3) is 0.217. The van der Waals surface area contributed by atoms with Crippen LogP contribution in [0.4, 0.5) is 5.82 Å². The molecule has 0 spiro atoms. The molecule has 8 nitrogen and oxygen atoms in total. The number of nitrogens with two attached hydrogens (primary N) is 1. The van der Waals surface area contributed by atoms with Crippen molar-refractivity contribution >= 4 is 45.0 Å². The molecule has 162 valence electrons. The van der Waals surface area contributed by atoms with Gasteiger partial charge in [0.25, 0.3) is 5.56 Å². The van der Waals surface area contributed by atoms with Crippen molar-refractivity contribution in [1.29, 1.82) is 0 Å². The SMILES string of the molecule is Nc1ncnc2cc(CN3CCN(Cc4cc5ccc(Cl)cc5c(=O)[nH]4)CC3=O)ccc12. The number of nitrogen functional groups attached to an aromatic ring is 1. The smallest absolute Gasteiger partial charge is 0.256 e. The van der Waals surface area contributed by atoms with Crippen LogP contribution in [0.1, 0.15) is 11.3 Å². The fourth-order valence-electron chi connectivity index (χ4n) is 4.12. The van der Waals surface area contributed by atoms with Crippen molar-refractivity contribution in [3.63, 3.8) is 0 Å². The van der Waals surface area contributed by atoms with Crippen molar-refractivity contribution in [2.45, 2.75) is 13.1 Å². The summed E-state index contributed by atoms with van der Waals surface area (Å²) < 4.78 is 0. The molecule has 0 bridgehead atoms. The molecule has 0 saturated carbocycles. The van der Waals surface area contributed by atoms with Crippen molar-refractivity contribution in [1.82, 2.24) is 24.8 Å². The number of fused-ring (bicyclic) bond motifs is 2. The molecule has 4 aromatic rings. The number of nitrogens with one attached hydrogen (secondary N) is 1. The van der Waals surface area contributed by atoms with Crippen LogP contribution >= 0.6 is 11.6 Å². The Bertz CT molecular complexity index is 1400. The number of rotatable bonds is 4. The molecule has 0 radical (unpaired) electrons. The molecule has 2 aromatic carbocycles. The van der Waals surface area contributed by atoms with E-state index in [-0.39, 0.29) is 11.5 Å². The first kappa shape index (κ1) is 20.4. The highest BCUT2D eigenvalue weighted by atomic mass is 35.5. The molecule has 1 saturated heterocycles. The maximum absolute atomic E-state index is 12.8. The topological polar surface area (TPSA) is 108 Å². The lowest BCUT2D eigenvalue weighted by molar-refractivity contribution is -0.136. The molecule has 1 amide bonds. The minimum absolute atomic E-state index is 0.0495. The molecule has 3 N–H and O–H groups in total. The van der Waals surface area contributed by atoms with Gasteiger partial charge in [-0.1, -0.05) is 23.7 Å². The van der Waals surface area contributed by atoms with Crippen LogP contribution in [0.3, 0.4) is 0 Å². The largest absolute Gasteiger partial charge is 0.383 e. The van der Waals surface area contributed by atoms with Crippen LogP contribution in [0.25, 0.3) is 21.7 Å². The van der Waals surface area contributed by atoms with E-state index in [1.54, 1.807) is 12.1 Å². The van der Waals surface area contributed by atoms with Crippen LogP contribution in [-0.4, -0.2) is 50.3 Å². The van der Waals surface area contributed by atoms with Gasteiger partial charge in [-0.15, -0.1) is 0 Å². The first-order chi connectivity index (χ1) is 15.5. The molecule has 9 heteroatoms. The number of amides is 1. The van der Waals surface area contributed by atoms with Gasteiger partial charge in [-0.05, 0) is 41.3 Å². The Morgan fingerprint density at radius 2 is 1.88 bits per heavy atom. The summed E-state index contributed by atoms with van der Waals surface area (Å²) in [6.07, 6.45) is 1.44. The molecule has 0 aliphatic carbocycles.